The van der Waals surface area contributed by atoms with Crippen molar-refractivity contribution >= 4 is 5.97 Å². The van der Waals surface area contributed by atoms with Gasteiger partial charge in [-0.1, -0.05) is 25.1 Å². The van der Waals surface area contributed by atoms with E-state index in [2.05, 4.69) is 5.32 Å². The number of rotatable bonds is 8. The van der Waals surface area contributed by atoms with Crippen molar-refractivity contribution in [2.75, 3.05) is 13.2 Å². The first kappa shape index (κ1) is 15.8. The molecule has 1 aliphatic rings. The summed E-state index contributed by atoms with van der Waals surface area (Å²) in [7, 11) is 0. The zero-order valence-corrected chi connectivity index (χ0v) is 13.1. The van der Waals surface area contributed by atoms with Crippen molar-refractivity contribution in [3.8, 4) is 5.75 Å². The Morgan fingerprint density at radius 2 is 2.00 bits per heavy atom. The number of hydrogen-bond donors (Lipinski definition) is 2. The standard InChI is InChI=1S/C17H25NO3/c1-4-10-18-17(16(19)20,14-8-9-14)11-21-15-12(2)6-5-7-13(15)3/h5-7,14,18H,4,8-11H2,1-3H3,(H,19,20). The van der Waals surface area contributed by atoms with Gasteiger partial charge in [-0.2, -0.15) is 0 Å². The molecule has 0 aliphatic heterocycles. The van der Waals surface area contributed by atoms with E-state index in [1.54, 1.807) is 0 Å². The number of carboxylic acid groups (broad SMARTS) is 1. The molecular weight excluding hydrogens is 266 g/mol. The zero-order chi connectivity index (χ0) is 15.5. The van der Waals surface area contributed by atoms with Gasteiger partial charge in [0.1, 0.15) is 12.4 Å². The second-order valence-electron chi connectivity index (χ2n) is 5.99. The highest BCUT2D eigenvalue weighted by atomic mass is 16.5. The molecule has 0 radical (unpaired) electrons. The number of nitrogens with one attached hydrogen (secondary N) is 1. The van der Waals surface area contributed by atoms with Crippen molar-refractivity contribution in [2.24, 2.45) is 5.92 Å². The van der Waals surface area contributed by atoms with E-state index in [9.17, 15) is 9.90 Å². The number of benzene rings is 1. The van der Waals surface area contributed by atoms with Crippen LogP contribution in [0, 0.1) is 19.8 Å². The third-order valence-electron chi connectivity index (χ3n) is 4.20. The van der Waals surface area contributed by atoms with Gasteiger partial charge in [0.25, 0.3) is 0 Å². The van der Waals surface area contributed by atoms with E-state index in [0.717, 1.165) is 36.1 Å². The number of carboxylic acids is 1. The SMILES string of the molecule is CCCNC(COc1c(C)cccc1C)(C(=O)O)C1CC1. The summed E-state index contributed by atoms with van der Waals surface area (Å²) in [5.41, 5.74) is 1.13. The first-order chi connectivity index (χ1) is 10.0. The zero-order valence-electron chi connectivity index (χ0n) is 13.1. The van der Waals surface area contributed by atoms with Gasteiger partial charge in [0.15, 0.2) is 5.54 Å². The summed E-state index contributed by atoms with van der Waals surface area (Å²) >= 11 is 0. The third-order valence-corrected chi connectivity index (χ3v) is 4.20. The van der Waals surface area contributed by atoms with Gasteiger partial charge in [0.05, 0.1) is 0 Å². The fourth-order valence-corrected chi connectivity index (χ4v) is 2.76. The van der Waals surface area contributed by atoms with Crippen LogP contribution in [0.15, 0.2) is 18.2 Å². The summed E-state index contributed by atoms with van der Waals surface area (Å²) in [5, 5.41) is 13.0. The molecule has 2 N–H and O–H groups in total. The lowest BCUT2D eigenvalue weighted by atomic mass is 9.94. The first-order valence-corrected chi connectivity index (χ1v) is 7.68. The number of ether oxygens (including phenoxy) is 1. The Bertz CT molecular complexity index is 491. The smallest absolute Gasteiger partial charge is 0.327 e. The summed E-state index contributed by atoms with van der Waals surface area (Å²) in [6, 6.07) is 5.96. The molecule has 1 unspecified atom stereocenters. The minimum absolute atomic E-state index is 0.172. The monoisotopic (exact) mass is 291 g/mol. The molecule has 1 atom stereocenters. The molecule has 21 heavy (non-hydrogen) atoms. The summed E-state index contributed by atoms with van der Waals surface area (Å²) in [6.07, 6.45) is 2.82. The van der Waals surface area contributed by atoms with Crippen molar-refractivity contribution in [2.45, 2.75) is 45.6 Å². The predicted molar refractivity (Wildman–Crippen MR) is 82.8 cm³/mol. The molecule has 1 aromatic carbocycles. The minimum atomic E-state index is -0.954. The van der Waals surface area contributed by atoms with Crippen molar-refractivity contribution in [1.29, 1.82) is 0 Å². The second kappa shape index (κ2) is 6.48. The van der Waals surface area contributed by atoms with Crippen LogP contribution in [0.5, 0.6) is 5.75 Å². The van der Waals surface area contributed by atoms with Crippen LogP contribution in [0.25, 0.3) is 0 Å². The number of aryl methyl sites for hydroxylation is 2. The fourth-order valence-electron chi connectivity index (χ4n) is 2.76. The number of para-hydroxylation sites is 1. The average molecular weight is 291 g/mol. The molecule has 1 saturated carbocycles. The Labute approximate surface area is 126 Å². The van der Waals surface area contributed by atoms with Crippen LogP contribution in [0.1, 0.15) is 37.3 Å². The molecule has 4 nitrogen and oxygen atoms in total. The average Bonchev–Trinajstić information content (AvgIpc) is 3.26. The highest BCUT2D eigenvalue weighted by molar-refractivity contribution is 5.80. The van der Waals surface area contributed by atoms with Crippen LogP contribution >= 0.6 is 0 Å². The molecule has 0 saturated heterocycles. The van der Waals surface area contributed by atoms with Crippen LogP contribution in [0.4, 0.5) is 0 Å². The Morgan fingerprint density at radius 1 is 1.38 bits per heavy atom. The van der Waals surface area contributed by atoms with Crippen LogP contribution in [0.3, 0.4) is 0 Å². The van der Waals surface area contributed by atoms with E-state index in [4.69, 9.17) is 4.74 Å². The Balaban J connectivity index is 2.17. The van der Waals surface area contributed by atoms with E-state index in [1.807, 2.05) is 39.0 Å². The highest BCUT2D eigenvalue weighted by Crippen LogP contribution is 2.40. The molecule has 2 rings (SSSR count). The first-order valence-electron chi connectivity index (χ1n) is 7.68. The van der Waals surface area contributed by atoms with Gasteiger partial charge in [-0.25, -0.2) is 0 Å². The lowest BCUT2D eigenvalue weighted by molar-refractivity contribution is -0.147. The minimum Gasteiger partial charge on any atom is -0.490 e. The normalized spacial score (nSPS) is 17.3. The van der Waals surface area contributed by atoms with E-state index < -0.39 is 11.5 Å². The van der Waals surface area contributed by atoms with Gasteiger partial charge >= 0.3 is 5.97 Å². The van der Waals surface area contributed by atoms with E-state index in [1.165, 1.54) is 0 Å². The maximum absolute atomic E-state index is 11.9. The van der Waals surface area contributed by atoms with Crippen LogP contribution in [0.2, 0.25) is 0 Å². The van der Waals surface area contributed by atoms with Crippen LogP contribution < -0.4 is 10.1 Å². The van der Waals surface area contributed by atoms with Crippen LogP contribution in [-0.2, 0) is 4.79 Å². The van der Waals surface area contributed by atoms with Gasteiger partial charge in [0, 0.05) is 0 Å². The van der Waals surface area contributed by atoms with E-state index in [0.29, 0.717) is 6.54 Å². The number of aliphatic carboxylic acids is 1. The molecular formula is C17H25NO3. The summed E-state index contributed by atoms with van der Waals surface area (Å²) in [6.45, 7) is 6.89. The number of hydrogen-bond acceptors (Lipinski definition) is 3. The predicted octanol–water partition coefficient (Wildman–Crippen LogP) is 2.92. The Kier molecular flexibility index (Phi) is 4.88. The van der Waals surface area contributed by atoms with Crippen molar-refractivity contribution in [3.63, 3.8) is 0 Å². The Hall–Kier alpha value is -1.55. The van der Waals surface area contributed by atoms with Gasteiger partial charge in [-0.15, -0.1) is 0 Å². The molecule has 0 aromatic heterocycles. The molecule has 0 heterocycles. The lowest BCUT2D eigenvalue weighted by Gasteiger charge is -2.31. The topological polar surface area (TPSA) is 58.6 Å². The van der Waals surface area contributed by atoms with Crippen LogP contribution in [-0.4, -0.2) is 29.8 Å². The van der Waals surface area contributed by atoms with Gasteiger partial charge in [0.2, 0.25) is 0 Å². The summed E-state index contributed by atoms with van der Waals surface area (Å²) in [4.78, 5) is 11.9. The van der Waals surface area contributed by atoms with Gasteiger partial charge in [-0.05, 0) is 56.7 Å². The molecule has 1 aromatic rings. The molecule has 0 spiro atoms. The summed E-state index contributed by atoms with van der Waals surface area (Å²) < 4.78 is 5.95. The molecule has 0 amide bonds. The molecule has 1 fully saturated rings. The van der Waals surface area contributed by atoms with Crippen molar-refractivity contribution in [3.05, 3.63) is 29.3 Å². The van der Waals surface area contributed by atoms with E-state index in [-0.39, 0.29) is 12.5 Å². The molecule has 4 heteroatoms. The quantitative estimate of drug-likeness (QED) is 0.773. The highest BCUT2D eigenvalue weighted by Gasteiger charge is 2.51. The summed E-state index contributed by atoms with van der Waals surface area (Å²) in [5.74, 6) is 0.178. The van der Waals surface area contributed by atoms with Crippen molar-refractivity contribution < 1.29 is 14.6 Å². The van der Waals surface area contributed by atoms with Gasteiger partial charge in [-0.3, -0.25) is 10.1 Å². The third kappa shape index (κ3) is 3.38. The van der Waals surface area contributed by atoms with Gasteiger partial charge < -0.3 is 9.84 Å². The molecule has 0 bridgehead atoms. The maximum Gasteiger partial charge on any atom is 0.327 e. The largest absolute Gasteiger partial charge is 0.490 e. The fraction of sp³-hybridized carbons (Fsp3) is 0.588. The maximum atomic E-state index is 11.9. The molecule has 116 valence electrons. The Morgan fingerprint density at radius 3 is 2.48 bits per heavy atom. The second-order valence-corrected chi connectivity index (χ2v) is 5.99. The molecule has 1 aliphatic carbocycles. The van der Waals surface area contributed by atoms with E-state index >= 15 is 0 Å². The van der Waals surface area contributed by atoms with Crippen molar-refractivity contribution in [1.82, 2.24) is 5.32 Å². The lowest BCUT2D eigenvalue weighted by Crippen LogP contribution is -2.58. The number of carbonyl (C=O) groups is 1.